The molecule has 0 saturated heterocycles. The normalized spacial score (nSPS) is 17.6. The third-order valence-electron chi connectivity index (χ3n) is 4.84. The first-order chi connectivity index (χ1) is 13.0. The number of aromatic nitrogens is 1. The van der Waals surface area contributed by atoms with Crippen LogP contribution < -0.4 is 21.1 Å². The molecule has 2 amide bonds. The van der Waals surface area contributed by atoms with Crippen LogP contribution in [0.15, 0.2) is 35.6 Å². The SMILES string of the molecule is Cc1cc(C(=O)N=N)ncc1-c1ccc2c(c1)=CNC(NC(=O)C1CC1)C=2. The number of benzene rings is 1. The van der Waals surface area contributed by atoms with E-state index in [4.69, 9.17) is 5.53 Å². The molecule has 7 nitrogen and oxygen atoms in total. The molecule has 0 radical (unpaired) electrons. The lowest BCUT2D eigenvalue weighted by molar-refractivity contribution is -0.122. The van der Waals surface area contributed by atoms with Crippen molar-refractivity contribution in [3.63, 3.8) is 0 Å². The Hall–Kier alpha value is -3.35. The van der Waals surface area contributed by atoms with E-state index in [0.29, 0.717) is 0 Å². The predicted molar refractivity (Wildman–Crippen MR) is 99.9 cm³/mol. The summed E-state index contributed by atoms with van der Waals surface area (Å²) in [6, 6.07) is 7.69. The summed E-state index contributed by atoms with van der Waals surface area (Å²) in [5, 5.41) is 11.2. The first-order valence-electron chi connectivity index (χ1n) is 8.82. The molecule has 1 aliphatic heterocycles. The van der Waals surface area contributed by atoms with Crippen LogP contribution in [0.25, 0.3) is 23.4 Å². The monoisotopic (exact) mass is 361 g/mol. The average molecular weight is 361 g/mol. The van der Waals surface area contributed by atoms with Gasteiger partial charge in [-0.2, -0.15) is 0 Å². The molecule has 2 aromatic rings. The van der Waals surface area contributed by atoms with Crippen LogP contribution in [0, 0.1) is 18.4 Å². The summed E-state index contributed by atoms with van der Waals surface area (Å²) in [4.78, 5) is 27.5. The molecular weight excluding hydrogens is 342 g/mol. The molecule has 1 unspecified atom stereocenters. The number of nitrogens with zero attached hydrogens (tertiary/aromatic N) is 2. The van der Waals surface area contributed by atoms with E-state index in [0.717, 1.165) is 40.0 Å². The number of aryl methyl sites for hydroxylation is 1. The van der Waals surface area contributed by atoms with Gasteiger partial charge in [0.25, 0.3) is 0 Å². The van der Waals surface area contributed by atoms with Crippen LogP contribution in [0.4, 0.5) is 0 Å². The van der Waals surface area contributed by atoms with Crippen molar-refractivity contribution in [3.8, 4) is 11.1 Å². The van der Waals surface area contributed by atoms with E-state index in [1.807, 2.05) is 37.4 Å². The molecule has 1 saturated carbocycles. The maximum Gasteiger partial charge on any atom is 0.313 e. The number of carbonyl (C=O) groups excluding carboxylic acids is 2. The standard InChI is InChI=1S/C20H19N5O2/c1-11-6-17(20(27)25-21)22-10-16(11)14-5-4-13-8-18(23-9-15(13)7-14)24-19(26)12-2-3-12/h4-10,12,18,21,23H,2-3H2,1H3,(H,24,26). The quantitative estimate of drug-likeness (QED) is 0.711. The smallest absolute Gasteiger partial charge is 0.313 e. The predicted octanol–water partition coefficient (Wildman–Crippen LogP) is 1.20. The average Bonchev–Trinajstić information content (AvgIpc) is 3.52. The molecule has 27 heavy (non-hydrogen) atoms. The van der Waals surface area contributed by atoms with Crippen LogP contribution in [0.5, 0.6) is 0 Å². The molecular formula is C20H19N5O2. The first-order valence-corrected chi connectivity index (χ1v) is 8.82. The lowest BCUT2D eigenvalue weighted by Gasteiger charge is -2.18. The van der Waals surface area contributed by atoms with Crippen LogP contribution in [0.2, 0.25) is 0 Å². The second-order valence-corrected chi connectivity index (χ2v) is 6.88. The van der Waals surface area contributed by atoms with E-state index < -0.39 is 5.91 Å². The molecule has 1 fully saturated rings. The van der Waals surface area contributed by atoms with Gasteiger partial charge in [-0.25, -0.2) is 5.53 Å². The minimum Gasteiger partial charge on any atom is -0.368 e. The maximum absolute atomic E-state index is 11.9. The molecule has 1 aromatic carbocycles. The van der Waals surface area contributed by atoms with E-state index in [9.17, 15) is 9.59 Å². The third kappa shape index (κ3) is 3.48. The summed E-state index contributed by atoms with van der Waals surface area (Å²) in [6.07, 6.45) is 7.30. The van der Waals surface area contributed by atoms with Gasteiger partial charge in [0, 0.05) is 23.9 Å². The Morgan fingerprint density at radius 2 is 2.07 bits per heavy atom. The van der Waals surface area contributed by atoms with Gasteiger partial charge >= 0.3 is 5.91 Å². The van der Waals surface area contributed by atoms with Gasteiger partial charge in [-0.15, -0.1) is 5.11 Å². The van der Waals surface area contributed by atoms with E-state index in [1.165, 1.54) is 0 Å². The number of hydrogen-bond acceptors (Lipinski definition) is 5. The van der Waals surface area contributed by atoms with Crippen molar-refractivity contribution < 1.29 is 9.59 Å². The van der Waals surface area contributed by atoms with Crippen LogP contribution in [0.3, 0.4) is 0 Å². The van der Waals surface area contributed by atoms with Crippen molar-refractivity contribution in [2.45, 2.75) is 25.9 Å². The third-order valence-corrected chi connectivity index (χ3v) is 4.84. The number of nitrogens with one attached hydrogen (secondary N) is 3. The Kier molecular flexibility index (Phi) is 4.27. The second kappa shape index (κ2) is 6.75. The minimum absolute atomic E-state index is 0.105. The zero-order valence-corrected chi connectivity index (χ0v) is 14.8. The number of amides is 2. The zero-order chi connectivity index (χ0) is 19.0. The molecule has 0 spiro atoms. The largest absolute Gasteiger partial charge is 0.368 e. The number of fused-ring (bicyclic) bond motifs is 1. The highest BCUT2D eigenvalue weighted by molar-refractivity contribution is 5.93. The van der Waals surface area contributed by atoms with Crippen molar-refractivity contribution in [2.24, 2.45) is 11.0 Å². The van der Waals surface area contributed by atoms with Gasteiger partial charge in [-0.05, 0) is 59.5 Å². The van der Waals surface area contributed by atoms with Crippen molar-refractivity contribution >= 4 is 24.1 Å². The molecule has 3 N–H and O–H groups in total. The van der Waals surface area contributed by atoms with Gasteiger partial charge in [-0.1, -0.05) is 12.1 Å². The molecule has 2 aliphatic rings. The molecule has 0 bridgehead atoms. The van der Waals surface area contributed by atoms with E-state index >= 15 is 0 Å². The molecule has 1 aliphatic carbocycles. The Bertz CT molecular complexity index is 1070. The fourth-order valence-corrected chi connectivity index (χ4v) is 3.16. The summed E-state index contributed by atoms with van der Waals surface area (Å²) in [5.74, 6) is -0.369. The van der Waals surface area contributed by atoms with Crippen molar-refractivity contribution in [2.75, 3.05) is 0 Å². The molecule has 1 atom stereocenters. The van der Waals surface area contributed by atoms with E-state index in [-0.39, 0.29) is 23.7 Å². The summed E-state index contributed by atoms with van der Waals surface area (Å²) in [6.45, 7) is 1.90. The number of hydrogen-bond donors (Lipinski definition) is 3. The van der Waals surface area contributed by atoms with Crippen LogP contribution in [-0.2, 0) is 4.79 Å². The van der Waals surface area contributed by atoms with Gasteiger partial charge in [0.2, 0.25) is 5.91 Å². The van der Waals surface area contributed by atoms with Gasteiger partial charge in [0.1, 0.15) is 11.9 Å². The van der Waals surface area contributed by atoms with Crippen molar-refractivity contribution in [3.05, 3.63) is 52.2 Å². The lowest BCUT2D eigenvalue weighted by Crippen LogP contribution is -2.48. The molecule has 1 aromatic heterocycles. The van der Waals surface area contributed by atoms with E-state index in [1.54, 1.807) is 12.3 Å². The summed E-state index contributed by atoms with van der Waals surface area (Å²) in [7, 11) is 0. The maximum atomic E-state index is 11.9. The van der Waals surface area contributed by atoms with Gasteiger partial charge in [0.05, 0.1) is 0 Å². The Labute approximate surface area is 155 Å². The van der Waals surface area contributed by atoms with Gasteiger partial charge < -0.3 is 10.6 Å². The molecule has 2 heterocycles. The molecule has 7 heteroatoms. The van der Waals surface area contributed by atoms with Crippen LogP contribution in [0.1, 0.15) is 28.9 Å². The van der Waals surface area contributed by atoms with Gasteiger partial charge in [-0.3, -0.25) is 14.6 Å². The minimum atomic E-state index is -0.651. The highest BCUT2D eigenvalue weighted by atomic mass is 16.2. The second-order valence-electron chi connectivity index (χ2n) is 6.88. The lowest BCUT2D eigenvalue weighted by atomic mass is 10.00. The van der Waals surface area contributed by atoms with Crippen molar-refractivity contribution in [1.82, 2.24) is 15.6 Å². The van der Waals surface area contributed by atoms with Crippen LogP contribution >= 0.6 is 0 Å². The fourth-order valence-electron chi connectivity index (χ4n) is 3.16. The Morgan fingerprint density at radius 1 is 1.26 bits per heavy atom. The molecule has 136 valence electrons. The Balaban J connectivity index is 1.61. The van der Waals surface area contributed by atoms with Crippen molar-refractivity contribution in [1.29, 1.82) is 5.53 Å². The highest BCUT2D eigenvalue weighted by Crippen LogP contribution is 2.28. The van der Waals surface area contributed by atoms with E-state index in [2.05, 4.69) is 20.7 Å². The number of rotatable bonds is 4. The molecule has 4 rings (SSSR count). The number of carbonyl (C=O) groups is 2. The fraction of sp³-hybridized carbons (Fsp3) is 0.250. The topological polar surface area (TPSA) is 107 Å². The summed E-state index contributed by atoms with van der Waals surface area (Å²) >= 11 is 0. The van der Waals surface area contributed by atoms with Gasteiger partial charge in [0.15, 0.2) is 0 Å². The summed E-state index contributed by atoms with van der Waals surface area (Å²) < 4.78 is 0. The first kappa shape index (κ1) is 17.1. The van der Waals surface area contributed by atoms with Crippen LogP contribution in [-0.4, -0.2) is 23.0 Å². The Morgan fingerprint density at radius 3 is 2.78 bits per heavy atom. The zero-order valence-electron chi connectivity index (χ0n) is 14.8. The highest BCUT2D eigenvalue weighted by Gasteiger charge is 2.30. The summed E-state index contributed by atoms with van der Waals surface area (Å²) in [5.41, 5.74) is 9.77. The number of pyridine rings is 1.